The summed E-state index contributed by atoms with van der Waals surface area (Å²) in [6, 6.07) is 5.52. The number of hydrogen-bond donors (Lipinski definition) is 0. The molecule has 0 aliphatic heterocycles. The molecule has 0 saturated heterocycles. The van der Waals surface area contributed by atoms with Gasteiger partial charge < -0.3 is 4.74 Å². The molecule has 0 radical (unpaired) electrons. The average Bonchev–Trinajstić information content (AvgIpc) is 2.35. The Morgan fingerprint density at radius 3 is 2.82 bits per heavy atom. The van der Waals surface area contributed by atoms with E-state index in [1.54, 1.807) is 13.2 Å². The molecule has 0 N–H and O–H groups in total. The van der Waals surface area contributed by atoms with Gasteiger partial charge in [-0.15, -0.1) is 0 Å². The second-order valence-corrected chi connectivity index (χ2v) is 4.72. The van der Waals surface area contributed by atoms with Crippen LogP contribution in [0.2, 0.25) is 0 Å². The van der Waals surface area contributed by atoms with Gasteiger partial charge in [-0.1, -0.05) is 22.0 Å². The first-order valence-electron chi connectivity index (χ1n) is 5.56. The molecule has 1 unspecified atom stereocenters. The predicted molar refractivity (Wildman–Crippen MR) is 69.1 cm³/mol. The maximum Gasteiger partial charge on any atom is 0.150 e. The van der Waals surface area contributed by atoms with Crippen LogP contribution in [0.1, 0.15) is 41.3 Å². The zero-order chi connectivity index (χ0) is 12.7. The molecular formula is C13H16BrFO2. The Balaban J connectivity index is 2.83. The highest BCUT2D eigenvalue weighted by Crippen LogP contribution is 2.27. The minimum Gasteiger partial charge on any atom is -0.377 e. The van der Waals surface area contributed by atoms with Crippen LogP contribution >= 0.6 is 15.9 Å². The van der Waals surface area contributed by atoms with Gasteiger partial charge in [-0.2, -0.15) is 0 Å². The van der Waals surface area contributed by atoms with Crippen molar-refractivity contribution in [2.45, 2.75) is 25.4 Å². The molecule has 1 aromatic carbocycles. The molecule has 0 spiro atoms. The van der Waals surface area contributed by atoms with Crippen LogP contribution in [0.3, 0.4) is 0 Å². The molecule has 4 heteroatoms. The summed E-state index contributed by atoms with van der Waals surface area (Å²) < 4.78 is 18.3. The Morgan fingerprint density at radius 1 is 1.47 bits per heavy atom. The van der Waals surface area contributed by atoms with Crippen LogP contribution in [0.4, 0.5) is 4.39 Å². The lowest BCUT2D eigenvalue weighted by atomic mass is 9.99. The maximum atomic E-state index is 12.0. The average molecular weight is 303 g/mol. The van der Waals surface area contributed by atoms with Crippen molar-refractivity contribution in [3.63, 3.8) is 0 Å². The van der Waals surface area contributed by atoms with Crippen molar-refractivity contribution in [3.05, 3.63) is 33.8 Å². The first-order chi connectivity index (χ1) is 8.22. The zero-order valence-electron chi connectivity index (χ0n) is 9.79. The topological polar surface area (TPSA) is 26.3 Å². The second-order valence-electron chi connectivity index (χ2n) is 3.80. The van der Waals surface area contributed by atoms with Crippen molar-refractivity contribution < 1.29 is 13.9 Å². The molecule has 0 saturated carbocycles. The minimum absolute atomic E-state index is 0.144. The van der Waals surface area contributed by atoms with Crippen molar-refractivity contribution in [1.29, 1.82) is 0 Å². The number of aldehydes is 1. The van der Waals surface area contributed by atoms with Crippen LogP contribution in [0.5, 0.6) is 0 Å². The third-order valence-electron chi connectivity index (χ3n) is 2.66. The smallest absolute Gasteiger partial charge is 0.150 e. The molecule has 1 aromatic rings. The van der Waals surface area contributed by atoms with Gasteiger partial charge in [0.05, 0.1) is 12.8 Å². The third-order valence-corrected chi connectivity index (χ3v) is 3.15. The Morgan fingerprint density at radius 2 is 2.24 bits per heavy atom. The van der Waals surface area contributed by atoms with Gasteiger partial charge in [0.2, 0.25) is 0 Å². The minimum atomic E-state index is -0.308. The molecule has 0 fully saturated rings. The SMILES string of the molecule is COC(CCCCF)c1ccc(Br)cc1C=O. The molecule has 0 heterocycles. The normalized spacial score (nSPS) is 12.4. The summed E-state index contributed by atoms with van der Waals surface area (Å²) in [5.41, 5.74) is 1.48. The van der Waals surface area contributed by atoms with E-state index in [4.69, 9.17) is 4.74 Å². The van der Waals surface area contributed by atoms with Crippen LogP contribution in [0.25, 0.3) is 0 Å². The van der Waals surface area contributed by atoms with Crippen LogP contribution in [0.15, 0.2) is 22.7 Å². The number of alkyl halides is 1. The zero-order valence-corrected chi connectivity index (χ0v) is 11.4. The monoisotopic (exact) mass is 302 g/mol. The quantitative estimate of drug-likeness (QED) is 0.560. The number of carbonyl (C=O) groups is 1. The van der Waals surface area contributed by atoms with Crippen molar-refractivity contribution in [3.8, 4) is 0 Å². The summed E-state index contributed by atoms with van der Waals surface area (Å²) in [5, 5.41) is 0. The summed E-state index contributed by atoms with van der Waals surface area (Å²) in [4.78, 5) is 11.0. The van der Waals surface area contributed by atoms with E-state index >= 15 is 0 Å². The van der Waals surface area contributed by atoms with E-state index in [0.29, 0.717) is 12.0 Å². The molecule has 17 heavy (non-hydrogen) atoms. The third kappa shape index (κ3) is 4.21. The van der Waals surface area contributed by atoms with E-state index in [9.17, 15) is 9.18 Å². The molecule has 0 aliphatic carbocycles. The van der Waals surface area contributed by atoms with Gasteiger partial charge in [0.15, 0.2) is 0 Å². The van der Waals surface area contributed by atoms with Crippen molar-refractivity contribution >= 4 is 22.2 Å². The van der Waals surface area contributed by atoms with Gasteiger partial charge in [-0.25, -0.2) is 0 Å². The standard InChI is InChI=1S/C13H16BrFO2/c1-17-13(4-2-3-7-15)12-6-5-11(14)8-10(12)9-16/h5-6,8-9,13H,2-4,7H2,1H3. The van der Waals surface area contributed by atoms with E-state index in [1.807, 2.05) is 12.1 Å². The lowest BCUT2D eigenvalue weighted by Gasteiger charge is -2.17. The summed E-state index contributed by atoms with van der Waals surface area (Å²) in [6.07, 6.45) is 2.69. The van der Waals surface area contributed by atoms with E-state index in [-0.39, 0.29) is 12.8 Å². The van der Waals surface area contributed by atoms with E-state index < -0.39 is 0 Å². The molecule has 0 bridgehead atoms. The number of methoxy groups -OCH3 is 1. The lowest BCUT2D eigenvalue weighted by Crippen LogP contribution is -2.05. The molecule has 0 aliphatic rings. The van der Waals surface area contributed by atoms with Crippen LogP contribution in [-0.2, 0) is 4.74 Å². The summed E-state index contributed by atoms with van der Waals surface area (Å²) in [5.74, 6) is 0. The highest BCUT2D eigenvalue weighted by atomic mass is 79.9. The van der Waals surface area contributed by atoms with Crippen molar-refractivity contribution in [1.82, 2.24) is 0 Å². The van der Waals surface area contributed by atoms with E-state index in [2.05, 4.69) is 15.9 Å². The first kappa shape index (κ1) is 14.3. The Hall–Kier alpha value is -0.740. The van der Waals surface area contributed by atoms with Crippen molar-refractivity contribution in [2.75, 3.05) is 13.8 Å². The van der Waals surface area contributed by atoms with Crippen LogP contribution in [-0.4, -0.2) is 20.1 Å². The summed E-state index contributed by atoms with van der Waals surface area (Å²) >= 11 is 3.32. The Bertz CT molecular complexity index is 368. The van der Waals surface area contributed by atoms with Crippen LogP contribution in [0, 0.1) is 0 Å². The van der Waals surface area contributed by atoms with Gasteiger partial charge in [-0.3, -0.25) is 9.18 Å². The molecule has 1 rings (SSSR count). The van der Waals surface area contributed by atoms with Gasteiger partial charge >= 0.3 is 0 Å². The number of unbranched alkanes of at least 4 members (excludes halogenated alkanes) is 1. The predicted octanol–water partition coefficient (Wildman–Crippen LogP) is 4.09. The lowest BCUT2D eigenvalue weighted by molar-refractivity contribution is 0.0907. The van der Waals surface area contributed by atoms with Crippen LogP contribution < -0.4 is 0 Å². The molecule has 0 amide bonds. The van der Waals surface area contributed by atoms with Gasteiger partial charge in [-0.05, 0) is 37.0 Å². The first-order valence-corrected chi connectivity index (χ1v) is 6.35. The fourth-order valence-electron chi connectivity index (χ4n) is 1.77. The number of ether oxygens (including phenoxy) is 1. The van der Waals surface area contributed by atoms with Gasteiger partial charge in [0.25, 0.3) is 0 Å². The highest BCUT2D eigenvalue weighted by molar-refractivity contribution is 9.10. The van der Waals surface area contributed by atoms with Gasteiger partial charge in [0, 0.05) is 17.1 Å². The molecule has 0 aromatic heterocycles. The van der Waals surface area contributed by atoms with Crippen molar-refractivity contribution in [2.24, 2.45) is 0 Å². The number of hydrogen-bond acceptors (Lipinski definition) is 2. The number of carbonyl (C=O) groups excluding carboxylic acids is 1. The molecule has 2 nitrogen and oxygen atoms in total. The summed E-state index contributed by atoms with van der Waals surface area (Å²) in [6.45, 7) is -0.308. The molecule has 94 valence electrons. The Labute approximate surface area is 109 Å². The Kier molecular flexibility index (Phi) is 6.37. The van der Waals surface area contributed by atoms with E-state index in [1.165, 1.54) is 0 Å². The van der Waals surface area contributed by atoms with E-state index in [0.717, 1.165) is 29.2 Å². The molecule has 1 atom stereocenters. The fourth-order valence-corrected chi connectivity index (χ4v) is 2.14. The summed E-state index contributed by atoms with van der Waals surface area (Å²) in [7, 11) is 1.61. The second kappa shape index (κ2) is 7.56. The number of rotatable bonds is 7. The van der Waals surface area contributed by atoms with Gasteiger partial charge in [0.1, 0.15) is 6.29 Å². The number of benzene rings is 1. The number of halogens is 2. The molecular weight excluding hydrogens is 287 g/mol. The fraction of sp³-hybridized carbons (Fsp3) is 0.462. The maximum absolute atomic E-state index is 12.0. The highest BCUT2D eigenvalue weighted by Gasteiger charge is 2.14. The largest absolute Gasteiger partial charge is 0.377 e.